The monoisotopic (exact) mass is 423 g/mol. The summed E-state index contributed by atoms with van der Waals surface area (Å²) >= 11 is 5.93. The van der Waals surface area contributed by atoms with Gasteiger partial charge in [0.05, 0.1) is 15.6 Å². The first kappa shape index (κ1) is 19.3. The van der Waals surface area contributed by atoms with Gasteiger partial charge in [-0.3, -0.25) is 9.71 Å². The summed E-state index contributed by atoms with van der Waals surface area (Å²) in [6, 6.07) is 13.3. The normalized spacial score (nSPS) is 11.9. The number of sulfonamides is 2. The molecule has 1 heterocycles. The van der Waals surface area contributed by atoms with Crippen molar-refractivity contribution < 1.29 is 16.8 Å². The molecule has 2 aromatic carbocycles. The summed E-state index contributed by atoms with van der Waals surface area (Å²) in [5, 5.41) is 5.56. The van der Waals surface area contributed by atoms with Crippen molar-refractivity contribution in [3.63, 3.8) is 0 Å². The number of halogens is 1. The molecule has 0 amide bonds. The van der Waals surface area contributed by atoms with Crippen LogP contribution >= 0.6 is 11.6 Å². The van der Waals surface area contributed by atoms with Gasteiger partial charge in [0.25, 0.3) is 10.0 Å². The minimum Gasteiger partial charge on any atom is -0.278 e. The second kappa shape index (κ2) is 7.28. The molecule has 0 atom stereocenters. The van der Waals surface area contributed by atoms with E-state index in [0.29, 0.717) is 16.1 Å². The zero-order valence-corrected chi connectivity index (χ0v) is 16.1. The molecule has 0 aliphatic heterocycles. The number of hydrogen-bond acceptors (Lipinski definition) is 5. The van der Waals surface area contributed by atoms with Gasteiger partial charge in [-0.05, 0) is 35.9 Å². The van der Waals surface area contributed by atoms with Gasteiger partial charge in [-0.1, -0.05) is 35.9 Å². The van der Waals surface area contributed by atoms with Crippen LogP contribution in [-0.2, 0) is 20.0 Å². The lowest BCUT2D eigenvalue weighted by atomic mass is 10.1. The molecule has 0 unspecified atom stereocenters. The Morgan fingerprint density at radius 3 is 2.33 bits per heavy atom. The fourth-order valence-corrected chi connectivity index (χ4v) is 4.47. The largest absolute Gasteiger partial charge is 0.278 e. The summed E-state index contributed by atoms with van der Waals surface area (Å²) in [6.07, 6.45) is 3.03. The Hall–Kier alpha value is -2.46. The summed E-state index contributed by atoms with van der Waals surface area (Å²) in [5.74, 6) is 0. The van der Waals surface area contributed by atoms with Crippen molar-refractivity contribution in [2.45, 2.75) is 9.79 Å². The van der Waals surface area contributed by atoms with Crippen molar-refractivity contribution in [3.05, 3.63) is 72.0 Å². The average molecular weight is 424 g/mol. The summed E-state index contributed by atoms with van der Waals surface area (Å²) < 4.78 is 51.1. The molecule has 0 radical (unpaired) electrons. The van der Waals surface area contributed by atoms with Gasteiger partial charge in [0.15, 0.2) is 0 Å². The van der Waals surface area contributed by atoms with Gasteiger partial charge < -0.3 is 0 Å². The fourth-order valence-electron chi connectivity index (χ4n) is 2.42. The zero-order valence-electron chi connectivity index (χ0n) is 13.7. The van der Waals surface area contributed by atoms with E-state index in [1.807, 2.05) is 0 Å². The predicted molar refractivity (Wildman–Crippen MR) is 103 cm³/mol. The van der Waals surface area contributed by atoms with E-state index in [0.717, 1.165) is 0 Å². The Kier molecular flexibility index (Phi) is 5.20. The number of nitrogens with zero attached hydrogens (tertiary/aromatic N) is 1. The van der Waals surface area contributed by atoms with E-state index in [1.165, 1.54) is 42.6 Å². The van der Waals surface area contributed by atoms with Gasteiger partial charge in [0, 0.05) is 18.0 Å². The number of rotatable bonds is 5. The van der Waals surface area contributed by atoms with Crippen molar-refractivity contribution in [3.8, 4) is 11.1 Å². The minimum absolute atomic E-state index is 0.0517. The van der Waals surface area contributed by atoms with Crippen molar-refractivity contribution in [1.29, 1.82) is 0 Å². The first-order chi connectivity index (χ1) is 12.7. The van der Waals surface area contributed by atoms with Crippen LogP contribution in [0.15, 0.2) is 76.8 Å². The molecule has 0 fully saturated rings. The fraction of sp³-hybridized carbons (Fsp3) is 0. The maximum Gasteiger partial charge on any atom is 0.261 e. The van der Waals surface area contributed by atoms with Crippen LogP contribution in [0.1, 0.15) is 0 Å². The molecule has 3 N–H and O–H groups in total. The molecule has 0 aliphatic carbocycles. The molecule has 0 spiro atoms. The summed E-state index contributed by atoms with van der Waals surface area (Å²) in [4.78, 5) is 3.61. The topological polar surface area (TPSA) is 119 Å². The Labute approximate surface area is 161 Å². The van der Waals surface area contributed by atoms with Crippen molar-refractivity contribution in [2.75, 3.05) is 4.72 Å². The molecular weight excluding hydrogens is 410 g/mol. The van der Waals surface area contributed by atoms with Crippen molar-refractivity contribution in [2.24, 2.45) is 5.14 Å². The van der Waals surface area contributed by atoms with Gasteiger partial charge in [-0.15, -0.1) is 0 Å². The third-order valence-corrected chi connectivity index (χ3v) is 6.16. The molecule has 3 aromatic rings. The van der Waals surface area contributed by atoms with Gasteiger partial charge >= 0.3 is 0 Å². The van der Waals surface area contributed by atoms with Crippen LogP contribution in [0.5, 0.6) is 0 Å². The molecule has 27 heavy (non-hydrogen) atoms. The highest BCUT2D eigenvalue weighted by Crippen LogP contribution is 2.27. The second-order valence-corrected chi connectivity index (χ2v) is 9.22. The predicted octanol–water partition coefficient (Wildman–Crippen LogP) is 2.85. The summed E-state index contributed by atoms with van der Waals surface area (Å²) in [6.45, 7) is 0. The van der Waals surface area contributed by atoms with Crippen LogP contribution in [-0.4, -0.2) is 21.8 Å². The van der Waals surface area contributed by atoms with Crippen LogP contribution in [0, 0.1) is 0 Å². The van der Waals surface area contributed by atoms with E-state index in [4.69, 9.17) is 16.7 Å². The van der Waals surface area contributed by atoms with Crippen LogP contribution in [0.3, 0.4) is 0 Å². The summed E-state index contributed by atoms with van der Waals surface area (Å²) in [7, 11) is -8.15. The Morgan fingerprint density at radius 2 is 1.63 bits per heavy atom. The maximum absolute atomic E-state index is 12.7. The molecule has 3 rings (SSSR count). The Morgan fingerprint density at radius 1 is 0.889 bits per heavy atom. The summed E-state index contributed by atoms with van der Waals surface area (Å²) in [5.41, 5.74) is 1.10. The van der Waals surface area contributed by atoms with Crippen LogP contribution in [0.25, 0.3) is 11.1 Å². The number of para-hydroxylation sites is 1. The molecule has 140 valence electrons. The second-order valence-electron chi connectivity index (χ2n) is 5.57. The molecule has 0 saturated carbocycles. The van der Waals surface area contributed by atoms with Gasteiger partial charge in [-0.25, -0.2) is 22.0 Å². The molecule has 7 nitrogen and oxygen atoms in total. The third kappa shape index (κ3) is 4.45. The first-order valence-electron chi connectivity index (χ1n) is 7.52. The van der Waals surface area contributed by atoms with E-state index in [2.05, 4.69) is 9.71 Å². The molecular formula is C17H14ClN3O4S2. The van der Waals surface area contributed by atoms with E-state index < -0.39 is 20.0 Å². The quantitative estimate of drug-likeness (QED) is 0.653. The lowest BCUT2D eigenvalue weighted by molar-refractivity contribution is 0.598. The van der Waals surface area contributed by atoms with Gasteiger partial charge in [-0.2, -0.15) is 0 Å². The van der Waals surface area contributed by atoms with E-state index >= 15 is 0 Å². The van der Waals surface area contributed by atoms with E-state index in [1.54, 1.807) is 24.4 Å². The SMILES string of the molecule is NS(=O)(=O)c1ccccc1NS(=O)(=O)c1cccc(-c2cncc(Cl)c2)c1. The maximum atomic E-state index is 12.7. The average Bonchev–Trinajstić information content (AvgIpc) is 2.61. The highest BCUT2D eigenvalue weighted by Gasteiger charge is 2.20. The first-order valence-corrected chi connectivity index (χ1v) is 10.9. The van der Waals surface area contributed by atoms with Crippen molar-refractivity contribution >= 4 is 37.3 Å². The van der Waals surface area contributed by atoms with Gasteiger partial charge in [0.1, 0.15) is 4.90 Å². The lowest BCUT2D eigenvalue weighted by Gasteiger charge is -2.12. The number of nitrogens with two attached hydrogens (primary N) is 1. The number of pyridine rings is 1. The molecule has 0 saturated heterocycles. The number of primary sulfonamides is 1. The van der Waals surface area contributed by atoms with Crippen molar-refractivity contribution in [1.82, 2.24) is 4.98 Å². The molecule has 1 aromatic heterocycles. The van der Waals surface area contributed by atoms with E-state index in [9.17, 15) is 16.8 Å². The van der Waals surface area contributed by atoms with Crippen LogP contribution in [0.4, 0.5) is 5.69 Å². The standard InChI is InChI=1S/C17H14ClN3O4S2/c18-14-8-13(10-20-11-14)12-4-3-5-15(9-12)27(24,25)21-16-6-1-2-7-17(16)26(19,22)23/h1-11,21H,(H2,19,22,23). The third-order valence-electron chi connectivity index (χ3n) is 3.62. The highest BCUT2D eigenvalue weighted by atomic mass is 35.5. The number of nitrogens with one attached hydrogen (secondary N) is 1. The number of hydrogen-bond donors (Lipinski definition) is 2. The number of anilines is 1. The van der Waals surface area contributed by atoms with Crippen LogP contribution in [0.2, 0.25) is 5.02 Å². The number of benzene rings is 2. The highest BCUT2D eigenvalue weighted by molar-refractivity contribution is 7.93. The Bertz CT molecular complexity index is 1210. The number of aromatic nitrogens is 1. The zero-order chi connectivity index (χ0) is 19.7. The van der Waals surface area contributed by atoms with E-state index in [-0.39, 0.29) is 15.5 Å². The minimum atomic E-state index is -4.09. The smallest absolute Gasteiger partial charge is 0.261 e. The lowest BCUT2D eigenvalue weighted by Crippen LogP contribution is -2.18. The van der Waals surface area contributed by atoms with Gasteiger partial charge in [0.2, 0.25) is 10.0 Å². The van der Waals surface area contributed by atoms with Crippen LogP contribution < -0.4 is 9.86 Å². The molecule has 10 heteroatoms. The molecule has 0 bridgehead atoms. The Balaban J connectivity index is 2.01. The molecule has 0 aliphatic rings.